The first kappa shape index (κ1) is 18.0. The highest BCUT2D eigenvalue weighted by Gasteiger charge is 2.18. The number of anilines is 1. The summed E-state index contributed by atoms with van der Waals surface area (Å²) in [6.07, 6.45) is -0.472. The molecule has 0 aliphatic heterocycles. The van der Waals surface area contributed by atoms with Crippen LogP contribution >= 0.6 is 11.6 Å². The number of sulfonamides is 1. The normalized spacial score (nSPS) is 11.2. The molecule has 0 fully saturated rings. The van der Waals surface area contributed by atoms with E-state index in [0.717, 1.165) is 0 Å². The van der Waals surface area contributed by atoms with Crippen molar-refractivity contribution in [1.29, 1.82) is 0 Å². The van der Waals surface area contributed by atoms with Gasteiger partial charge in [-0.25, -0.2) is 8.42 Å². The van der Waals surface area contributed by atoms with Crippen LogP contribution < -0.4 is 10.3 Å². The molecule has 2 rings (SSSR count). The van der Waals surface area contributed by atoms with Gasteiger partial charge in [-0.15, -0.1) is 0 Å². The van der Waals surface area contributed by atoms with E-state index in [1.165, 1.54) is 12.1 Å². The van der Waals surface area contributed by atoms with E-state index < -0.39 is 33.7 Å². The Hall–Kier alpha value is -2.32. The monoisotopic (exact) mass is 370 g/mol. The fourth-order valence-electron chi connectivity index (χ4n) is 2.21. The molecule has 0 aliphatic carbocycles. The topological polar surface area (TPSA) is 116 Å². The van der Waals surface area contributed by atoms with Crippen LogP contribution in [0.4, 0.5) is 5.69 Å². The van der Waals surface area contributed by atoms with E-state index in [9.17, 15) is 18.0 Å². The number of rotatable bonds is 6. The molecule has 0 aliphatic rings. The van der Waals surface area contributed by atoms with Crippen LogP contribution in [-0.4, -0.2) is 24.5 Å². The van der Waals surface area contributed by atoms with Crippen molar-refractivity contribution in [3.63, 3.8) is 0 Å². The van der Waals surface area contributed by atoms with Crippen LogP contribution in [0.25, 0.3) is 0 Å². The minimum Gasteiger partial charge on any atom is -0.481 e. The van der Waals surface area contributed by atoms with Crippen molar-refractivity contribution < 1.29 is 18.3 Å². The van der Waals surface area contributed by atoms with Crippen LogP contribution in [0.2, 0.25) is 5.02 Å². The van der Waals surface area contributed by atoms with E-state index in [0.29, 0.717) is 16.3 Å². The fraction of sp³-hybridized carbons (Fsp3) is 0.200. The van der Waals surface area contributed by atoms with Gasteiger partial charge in [-0.1, -0.05) is 23.7 Å². The van der Waals surface area contributed by atoms with Crippen LogP contribution in [0, 0.1) is 6.92 Å². The van der Waals surface area contributed by atoms with E-state index >= 15 is 0 Å². The third-order valence-electron chi connectivity index (χ3n) is 3.09. The van der Waals surface area contributed by atoms with E-state index in [2.05, 4.69) is 9.71 Å². The molecule has 3 N–H and O–H groups in total. The number of benzene rings is 1. The lowest BCUT2D eigenvalue weighted by molar-refractivity contribution is -0.136. The zero-order chi connectivity index (χ0) is 17.9. The standard InChI is InChI=1S/C15H15ClN2O5S/c1-9-5-11(7-13(19)20)14(15(21)17-9)18-24(22,23)8-10-3-2-4-12(16)6-10/h2-6,18H,7-8H2,1H3,(H,17,21)(H,19,20). The van der Waals surface area contributed by atoms with Gasteiger partial charge in [0.2, 0.25) is 10.0 Å². The second kappa shape index (κ2) is 7.06. The fourth-order valence-corrected chi connectivity index (χ4v) is 3.65. The summed E-state index contributed by atoms with van der Waals surface area (Å²) in [5, 5.41) is 9.32. The number of aryl methyl sites for hydroxylation is 1. The lowest BCUT2D eigenvalue weighted by Crippen LogP contribution is -2.24. The number of aromatic amines is 1. The maximum Gasteiger partial charge on any atom is 0.307 e. The van der Waals surface area contributed by atoms with Crippen molar-refractivity contribution in [2.45, 2.75) is 19.1 Å². The molecule has 1 aromatic heterocycles. The Kier molecular flexibility index (Phi) is 5.30. The number of aliphatic carboxylic acids is 1. The first-order valence-corrected chi connectivity index (χ1v) is 8.89. The van der Waals surface area contributed by atoms with Crippen LogP contribution in [0.15, 0.2) is 35.1 Å². The Morgan fingerprint density at radius 2 is 2.04 bits per heavy atom. The molecule has 128 valence electrons. The van der Waals surface area contributed by atoms with Gasteiger partial charge in [0.05, 0.1) is 12.2 Å². The molecular formula is C15H15ClN2O5S. The van der Waals surface area contributed by atoms with Crippen LogP contribution in [0.5, 0.6) is 0 Å². The zero-order valence-corrected chi connectivity index (χ0v) is 14.2. The third-order valence-corrected chi connectivity index (χ3v) is 4.56. The largest absolute Gasteiger partial charge is 0.481 e. The Bertz CT molecular complexity index is 937. The van der Waals surface area contributed by atoms with Crippen molar-refractivity contribution in [2.24, 2.45) is 0 Å². The smallest absolute Gasteiger partial charge is 0.307 e. The molecule has 0 spiro atoms. The molecule has 1 heterocycles. The van der Waals surface area contributed by atoms with E-state index in [1.807, 2.05) is 0 Å². The van der Waals surface area contributed by atoms with Gasteiger partial charge in [0, 0.05) is 10.7 Å². The number of halogens is 1. The SMILES string of the molecule is Cc1cc(CC(=O)O)c(NS(=O)(=O)Cc2cccc(Cl)c2)c(=O)[nH]1. The highest BCUT2D eigenvalue weighted by Crippen LogP contribution is 2.17. The lowest BCUT2D eigenvalue weighted by atomic mass is 10.1. The summed E-state index contributed by atoms with van der Waals surface area (Å²) in [6, 6.07) is 7.73. The van der Waals surface area contributed by atoms with Crippen molar-refractivity contribution in [3.05, 3.63) is 62.5 Å². The molecule has 24 heavy (non-hydrogen) atoms. The van der Waals surface area contributed by atoms with Gasteiger partial charge >= 0.3 is 5.97 Å². The molecule has 0 amide bonds. The van der Waals surface area contributed by atoms with Crippen molar-refractivity contribution in [3.8, 4) is 0 Å². The molecule has 0 saturated carbocycles. The first-order valence-electron chi connectivity index (χ1n) is 6.86. The van der Waals surface area contributed by atoms with E-state index in [1.54, 1.807) is 25.1 Å². The zero-order valence-electron chi connectivity index (χ0n) is 12.7. The van der Waals surface area contributed by atoms with Gasteiger partial charge in [-0.3, -0.25) is 14.3 Å². The van der Waals surface area contributed by atoms with Crippen LogP contribution in [0.3, 0.4) is 0 Å². The van der Waals surface area contributed by atoms with Crippen molar-refractivity contribution >= 4 is 33.3 Å². The van der Waals surface area contributed by atoms with Crippen LogP contribution in [-0.2, 0) is 27.0 Å². The quantitative estimate of drug-likeness (QED) is 0.718. The number of carboxylic acid groups (broad SMARTS) is 1. The number of H-pyrrole nitrogens is 1. The highest BCUT2D eigenvalue weighted by molar-refractivity contribution is 7.91. The van der Waals surface area contributed by atoms with E-state index in [-0.39, 0.29) is 11.3 Å². The molecule has 2 aromatic rings. The average molecular weight is 371 g/mol. The van der Waals surface area contributed by atoms with E-state index in [4.69, 9.17) is 16.7 Å². The number of hydrogen-bond acceptors (Lipinski definition) is 4. The second-order valence-electron chi connectivity index (χ2n) is 5.24. The molecule has 9 heteroatoms. The number of aromatic nitrogens is 1. The molecule has 0 unspecified atom stereocenters. The lowest BCUT2D eigenvalue weighted by Gasteiger charge is -2.12. The minimum absolute atomic E-state index is 0.0958. The van der Waals surface area contributed by atoms with Gasteiger partial charge in [-0.2, -0.15) is 0 Å². The Morgan fingerprint density at radius 1 is 1.33 bits per heavy atom. The summed E-state index contributed by atoms with van der Waals surface area (Å²) in [4.78, 5) is 25.4. The first-order chi connectivity index (χ1) is 11.2. The predicted molar refractivity (Wildman–Crippen MR) is 90.8 cm³/mol. The molecule has 0 radical (unpaired) electrons. The number of carboxylic acids is 1. The summed E-state index contributed by atoms with van der Waals surface area (Å²) in [5.41, 5.74) is -0.00303. The number of hydrogen-bond donors (Lipinski definition) is 3. The van der Waals surface area contributed by atoms with Crippen molar-refractivity contribution in [1.82, 2.24) is 4.98 Å². The summed E-state index contributed by atoms with van der Waals surface area (Å²) in [5.74, 6) is -1.57. The van der Waals surface area contributed by atoms with Gasteiger partial charge in [0.15, 0.2) is 0 Å². The summed E-state index contributed by atoms with van der Waals surface area (Å²) in [6.45, 7) is 1.58. The molecule has 1 aromatic carbocycles. The Morgan fingerprint density at radius 3 is 2.67 bits per heavy atom. The maximum atomic E-state index is 12.3. The van der Waals surface area contributed by atoms with Gasteiger partial charge in [-0.05, 0) is 36.2 Å². The number of pyridine rings is 1. The summed E-state index contributed by atoms with van der Waals surface area (Å²) < 4.78 is 26.8. The average Bonchev–Trinajstić information content (AvgIpc) is 2.41. The second-order valence-corrected chi connectivity index (χ2v) is 7.40. The highest BCUT2D eigenvalue weighted by atomic mass is 35.5. The Labute approximate surface area is 143 Å². The molecule has 0 saturated heterocycles. The van der Waals surface area contributed by atoms with Gasteiger partial charge in [0.25, 0.3) is 5.56 Å². The minimum atomic E-state index is -3.92. The third kappa shape index (κ3) is 4.84. The van der Waals surface area contributed by atoms with Gasteiger partial charge < -0.3 is 10.1 Å². The Balaban J connectivity index is 2.35. The van der Waals surface area contributed by atoms with Crippen molar-refractivity contribution in [2.75, 3.05) is 4.72 Å². The molecular weight excluding hydrogens is 356 g/mol. The maximum absolute atomic E-state index is 12.3. The molecule has 0 bridgehead atoms. The number of carbonyl (C=O) groups is 1. The molecule has 7 nitrogen and oxygen atoms in total. The summed E-state index contributed by atoms with van der Waals surface area (Å²) >= 11 is 5.82. The number of nitrogens with one attached hydrogen (secondary N) is 2. The molecule has 0 atom stereocenters. The summed E-state index contributed by atoms with van der Waals surface area (Å²) in [7, 11) is -3.92. The predicted octanol–water partition coefficient (Wildman–Crippen LogP) is 1.91. The van der Waals surface area contributed by atoms with Crippen LogP contribution in [0.1, 0.15) is 16.8 Å². The van der Waals surface area contributed by atoms with Gasteiger partial charge in [0.1, 0.15) is 5.69 Å².